The van der Waals surface area contributed by atoms with Crippen LogP contribution in [0.3, 0.4) is 0 Å². The van der Waals surface area contributed by atoms with Crippen molar-refractivity contribution in [2.75, 3.05) is 19.7 Å². The van der Waals surface area contributed by atoms with Gasteiger partial charge in [0, 0.05) is 6.54 Å². The van der Waals surface area contributed by atoms with Crippen LogP contribution in [-0.4, -0.2) is 25.6 Å². The Morgan fingerprint density at radius 1 is 1.33 bits per heavy atom. The summed E-state index contributed by atoms with van der Waals surface area (Å²) in [7, 11) is 0. The minimum atomic E-state index is -0.0882. The van der Waals surface area contributed by atoms with Gasteiger partial charge in [-0.15, -0.1) is 0 Å². The van der Waals surface area contributed by atoms with Crippen LogP contribution in [0.2, 0.25) is 0 Å². The third-order valence-corrected chi connectivity index (χ3v) is 2.43. The maximum absolute atomic E-state index is 11.4. The standard InChI is InChI=1S/C14H22N2O2/c1-11(2)9-16-14(17)10-18-13-5-3-12(4-6-13)7-8-15/h3-6,11H,7-10,15H2,1-2H3,(H,16,17). The van der Waals surface area contributed by atoms with Crippen molar-refractivity contribution in [2.24, 2.45) is 11.7 Å². The quantitative estimate of drug-likeness (QED) is 0.767. The van der Waals surface area contributed by atoms with Gasteiger partial charge in [0.2, 0.25) is 0 Å². The minimum absolute atomic E-state index is 0.0585. The summed E-state index contributed by atoms with van der Waals surface area (Å²) in [6, 6.07) is 7.66. The predicted molar refractivity (Wildman–Crippen MR) is 72.5 cm³/mol. The molecule has 1 aromatic rings. The van der Waals surface area contributed by atoms with Crippen molar-refractivity contribution < 1.29 is 9.53 Å². The molecule has 1 amide bonds. The molecule has 0 heterocycles. The zero-order chi connectivity index (χ0) is 13.4. The number of amides is 1. The highest BCUT2D eigenvalue weighted by atomic mass is 16.5. The molecule has 1 rings (SSSR count). The highest BCUT2D eigenvalue weighted by Gasteiger charge is 2.03. The summed E-state index contributed by atoms with van der Waals surface area (Å²) in [6.45, 7) is 5.48. The van der Waals surface area contributed by atoms with Gasteiger partial charge in [-0.2, -0.15) is 0 Å². The molecule has 0 saturated heterocycles. The molecule has 18 heavy (non-hydrogen) atoms. The maximum atomic E-state index is 11.4. The lowest BCUT2D eigenvalue weighted by Gasteiger charge is -2.09. The Hall–Kier alpha value is -1.55. The van der Waals surface area contributed by atoms with E-state index in [9.17, 15) is 4.79 Å². The van der Waals surface area contributed by atoms with Crippen LogP contribution in [-0.2, 0) is 11.2 Å². The van der Waals surface area contributed by atoms with Gasteiger partial charge in [0.25, 0.3) is 5.91 Å². The Morgan fingerprint density at radius 2 is 2.00 bits per heavy atom. The third kappa shape index (κ3) is 5.68. The van der Waals surface area contributed by atoms with Gasteiger partial charge in [-0.05, 0) is 36.6 Å². The van der Waals surface area contributed by atoms with Crippen molar-refractivity contribution in [3.63, 3.8) is 0 Å². The molecule has 0 aliphatic carbocycles. The van der Waals surface area contributed by atoms with Gasteiger partial charge < -0.3 is 15.8 Å². The average molecular weight is 250 g/mol. The van der Waals surface area contributed by atoms with E-state index in [2.05, 4.69) is 19.2 Å². The second-order valence-corrected chi connectivity index (χ2v) is 4.67. The first-order chi connectivity index (χ1) is 8.61. The average Bonchev–Trinajstić information content (AvgIpc) is 2.36. The Morgan fingerprint density at radius 3 is 2.56 bits per heavy atom. The van der Waals surface area contributed by atoms with Crippen LogP contribution in [0.15, 0.2) is 24.3 Å². The highest BCUT2D eigenvalue weighted by Crippen LogP contribution is 2.12. The lowest BCUT2D eigenvalue weighted by Crippen LogP contribution is -2.31. The SMILES string of the molecule is CC(C)CNC(=O)COc1ccc(CCN)cc1. The molecule has 0 aliphatic heterocycles. The molecule has 0 unspecified atom stereocenters. The van der Waals surface area contributed by atoms with Crippen LogP contribution in [0, 0.1) is 5.92 Å². The number of nitrogens with two attached hydrogens (primary N) is 1. The molecular formula is C14H22N2O2. The van der Waals surface area contributed by atoms with Crippen molar-refractivity contribution in [1.82, 2.24) is 5.32 Å². The van der Waals surface area contributed by atoms with E-state index in [0.717, 1.165) is 6.42 Å². The Labute approximate surface area is 109 Å². The normalized spacial score (nSPS) is 10.4. The number of hydrogen-bond donors (Lipinski definition) is 2. The fraction of sp³-hybridized carbons (Fsp3) is 0.500. The first-order valence-corrected chi connectivity index (χ1v) is 6.30. The number of carbonyl (C=O) groups is 1. The largest absolute Gasteiger partial charge is 0.484 e. The minimum Gasteiger partial charge on any atom is -0.484 e. The van der Waals surface area contributed by atoms with Gasteiger partial charge in [0.1, 0.15) is 5.75 Å². The molecule has 0 aromatic heterocycles. The van der Waals surface area contributed by atoms with Crippen LogP contribution in [0.4, 0.5) is 0 Å². The van der Waals surface area contributed by atoms with Gasteiger partial charge in [0.15, 0.2) is 6.61 Å². The molecule has 3 N–H and O–H groups in total. The van der Waals surface area contributed by atoms with Crippen LogP contribution >= 0.6 is 0 Å². The van der Waals surface area contributed by atoms with Gasteiger partial charge >= 0.3 is 0 Å². The molecule has 4 nitrogen and oxygen atoms in total. The van der Waals surface area contributed by atoms with Crippen molar-refractivity contribution >= 4 is 5.91 Å². The molecule has 0 saturated carbocycles. The Bertz CT molecular complexity index is 361. The molecule has 0 spiro atoms. The fourth-order valence-electron chi connectivity index (χ4n) is 1.44. The van der Waals surface area contributed by atoms with Crippen molar-refractivity contribution in [3.05, 3.63) is 29.8 Å². The van der Waals surface area contributed by atoms with Crippen molar-refractivity contribution in [2.45, 2.75) is 20.3 Å². The molecule has 0 bridgehead atoms. The van der Waals surface area contributed by atoms with Crippen LogP contribution in [0.1, 0.15) is 19.4 Å². The maximum Gasteiger partial charge on any atom is 0.257 e. The van der Waals surface area contributed by atoms with E-state index < -0.39 is 0 Å². The van der Waals surface area contributed by atoms with Crippen LogP contribution in [0.5, 0.6) is 5.75 Å². The summed E-state index contributed by atoms with van der Waals surface area (Å²) in [6.07, 6.45) is 0.856. The molecule has 0 atom stereocenters. The Kier molecular flexibility index (Phi) is 6.22. The predicted octanol–water partition coefficient (Wildman–Crippen LogP) is 1.34. The smallest absolute Gasteiger partial charge is 0.257 e. The molecule has 0 aliphatic rings. The Balaban J connectivity index is 2.32. The zero-order valence-corrected chi connectivity index (χ0v) is 11.1. The number of hydrogen-bond acceptors (Lipinski definition) is 3. The highest BCUT2D eigenvalue weighted by molar-refractivity contribution is 5.77. The molecule has 1 aromatic carbocycles. The van der Waals surface area contributed by atoms with Gasteiger partial charge in [-0.25, -0.2) is 0 Å². The van der Waals surface area contributed by atoms with Crippen LogP contribution < -0.4 is 15.8 Å². The second kappa shape index (κ2) is 7.71. The van der Waals surface area contributed by atoms with Crippen molar-refractivity contribution in [3.8, 4) is 5.75 Å². The molecule has 4 heteroatoms. The van der Waals surface area contributed by atoms with E-state index in [0.29, 0.717) is 24.8 Å². The summed E-state index contributed by atoms with van der Waals surface area (Å²) in [4.78, 5) is 11.4. The van der Waals surface area contributed by atoms with E-state index in [4.69, 9.17) is 10.5 Å². The number of nitrogens with one attached hydrogen (secondary N) is 1. The molecule has 0 radical (unpaired) electrons. The van der Waals surface area contributed by atoms with E-state index >= 15 is 0 Å². The van der Waals surface area contributed by atoms with Gasteiger partial charge in [-0.1, -0.05) is 26.0 Å². The lowest BCUT2D eigenvalue weighted by atomic mass is 10.1. The van der Waals surface area contributed by atoms with E-state index in [1.165, 1.54) is 5.56 Å². The fourth-order valence-corrected chi connectivity index (χ4v) is 1.44. The summed E-state index contributed by atoms with van der Waals surface area (Å²) in [5.41, 5.74) is 6.65. The first kappa shape index (κ1) is 14.5. The number of carbonyl (C=O) groups excluding carboxylic acids is 1. The van der Waals surface area contributed by atoms with E-state index in [1.807, 2.05) is 24.3 Å². The number of rotatable bonds is 7. The number of ether oxygens (including phenoxy) is 1. The summed E-state index contributed by atoms with van der Waals surface area (Å²) in [5.74, 6) is 1.06. The van der Waals surface area contributed by atoms with Crippen molar-refractivity contribution in [1.29, 1.82) is 0 Å². The number of benzene rings is 1. The first-order valence-electron chi connectivity index (χ1n) is 6.30. The van der Waals surface area contributed by atoms with E-state index in [-0.39, 0.29) is 12.5 Å². The lowest BCUT2D eigenvalue weighted by molar-refractivity contribution is -0.123. The van der Waals surface area contributed by atoms with Gasteiger partial charge in [0.05, 0.1) is 0 Å². The van der Waals surface area contributed by atoms with Gasteiger partial charge in [-0.3, -0.25) is 4.79 Å². The van der Waals surface area contributed by atoms with E-state index in [1.54, 1.807) is 0 Å². The monoisotopic (exact) mass is 250 g/mol. The molecule has 0 fully saturated rings. The molecular weight excluding hydrogens is 228 g/mol. The summed E-state index contributed by atoms with van der Waals surface area (Å²) >= 11 is 0. The molecule has 100 valence electrons. The third-order valence-electron chi connectivity index (χ3n) is 2.43. The second-order valence-electron chi connectivity index (χ2n) is 4.67. The van der Waals surface area contributed by atoms with Crippen LogP contribution in [0.25, 0.3) is 0 Å². The zero-order valence-electron chi connectivity index (χ0n) is 11.1. The summed E-state index contributed by atoms with van der Waals surface area (Å²) in [5, 5.41) is 2.80. The summed E-state index contributed by atoms with van der Waals surface area (Å²) < 4.78 is 5.39. The topological polar surface area (TPSA) is 64.3 Å².